The number of carbonyl (C=O) groups excluding carboxylic acids is 2. The maximum Gasteiger partial charge on any atom is 0.417 e. The van der Waals surface area contributed by atoms with E-state index in [1.54, 1.807) is 43.3 Å². The molecule has 0 unspecified atom stereocenters. The topological polar surface area (TPSA) is 86.8 Å². The Balaban J connectivity index is 1.86. The lowest BCUT2D eigenvalue weighted by atomic mass is 10.0. The summed E-state index contributed by atoms with van der Waals surface area (Å²) in [5.74, 6) is -1.14. The molecule has 4 aromatic rings. The van der Waals surface area contributed by atoms with E-state index in [0.717, 1.165) is 28.8 Å². The molecule has 4 rings (SSSR count). The molecular formula is C37H39ClF3N3O4S. The quantitative estimate of drug-likeness (QED) is 0.155. The average molecular weight is 714 g/mol. The molecule has 2 amide bonds. The molecule has 0 fully saturated rings. The van der Waals surface area contributed by atoms with E-state index in [0.29, 0.717) is 22.5 Å². The van der Waals surface area contributed by atoms with E-state index in [9.17, 15) is 31.2 Å². The van der Waals surface area contributed by atoms with Crippen LogP contribution in [0.5, 0.6) is 0 Å². The SMILES string of the molecule is Cc1ccc(CN(C(=O)CN(c2ccc(Cl)c(C(F)(F)F)c2)S(=O)(=O)c2ccc(C)cc2)[C@H](Cc2ccccc2)C(=O)NCC(C)C)cc1. The molecule has 0 saturated carbocycles. The van der Waals surface area contributed by atoms with E-state index < -0.39 is 56.9 Å². The van der Waals surface area contributed by atoms with Crippen LogP contribution in [-0.2, 0) is 38.8 Å². The molecule has 260 valence electrons. The standard InChI is InChI=1S/C37H39ClF3N3O4S/c1-25(2)22-42-36(46)34(20-28-8-6-5-7-9-28)43(23-29-14-10-26(3)11-15-29)35(45)24-44(49(47,48)31-17-12-27(4)13-18-31)30-16-19-33(38)32(21-30)37(39,40)41/h5-19,21,25,34H,20,22-24H2,1-4H3,(H,42,46)/t34-/m1/s1. The van der Waals surface area contributed by atoms with Crippen LogP contribution in [-0.4, -0.2) is 44.3 Å². The summed E-state index contributed by atoms with van der Waals surface area (Å²) >= 11 is 5.89. The van der Waals surface area contributed by atoms with Gasteiger partial charge in [0.1, 0.15) is 12.6 Å². The lowest BCUT2D eigenvalue weighted by Gasteiger charge is -2.34. The van der Waals surface area contributed by atoms with E-state index >= 15 is 0 Å². The normalized spacial score (nSPS) is 12.4. The predicted molar refractivity (Wildman–Crippen MR) is 186 cm³/mol. The van der Waals surface area contributed by atoms with Crippen LogP contribution in [0.15, 0.2) is 102 Å². The fourth-order valence-electron chi connectivity index (χ4n) is 5.12. The van der Waals surface area contributed by atoms with Gasteiger partial charge in [0, 0.05) is 19.5 Å². The van der Waals surface area contributed by atoms with E-state index in [4.69, 9.17) is 11.6 Å². The molecule has 1 N–H and O–H groups in total. The fourth-order valence-corrected chi connectivity index (χ4v) is 6.75. The first-order valence-corrected chi connectivity index (χ1v) is 17.5. The van der Waals surface area contributed by atoms with E-state index in [-0.39, 0.29) is 23.8 Å². The molecule has 0 aliphatic rings. The van der Waals surface area contributed by atoms with E-state index in [1.807, 2.05) is 51.1 Å². The molecule has 0 radical (unpaired) electrons. The number of halogens is 4. The van der Waals surface area contributed by atoms with Crippen LogP contribution < -0.4 is 9.62 Å². The van der Waals surface area contributed by atoms with Gasteiger partial charge >= 0.3 is 6.18 Å². The molecule has 12 heteroatoms. The highest BCUT2D eigenvalue weighted by Gasteiger charge is 2.37. The minimum Gasteiger partial charge on any atom is -0.354 e. The first-order chi connectivity index (χ1) is 23.1. The molecule has 49 heavy (non-hydrogen) atoms. The first kappa shape index (κ1) is 37.5. The lowest BCUT2D eigenvalue weighted by Crippen LogP contribution is -2.53. The monoisotopic (exact) mass is 713 g/mol. The van der Waals surface area contributed by atoms with Gasteiger partial charge in [0.2, 0.25) is 11.8 Å². The van der Waals surface area contributed by atoms with Crippen LogP contribution in [0.1, 0.15) is 41.7 Å². The number of nitrogens with one attached hydrogen (secondary N) is 1. The van der Waals surface area contributed by atoms with Crippen LogP contribution in [0.3, 0.4) is 0 Å². The van der Waals surface area contributed by atoms with Gasteiger partial charge in [0.05, 0.1) is 21.2 Å². The average Bonchev–Trinajstić information content (AvgIpc) is 3.05. The van der Waals surface area contributed by atoms with Gasteiger partial charge in [0.25, 0.3) is 10.0 Å². The van der Waals surface area contributed by atoms with Crippen molar-refractivity contribution < 1.29 is 31.2 Å². The largest absolute Gasteiger partial charge is 0.417 e. The molecule has 0 aliphatic heterocycles. The molecule has 0 bridgehead atoms. The van der Waals surface area contributed by atoms with Gasteiger partial charge < -0.3 is 10.2 Å². The Bertz CT molecular complexity index is 1850. The number of benzene rings is 4. The second kappa shape index (κ2) is 15.9. The van der Waals surface area contributed by atoms with Gasteiger partial charge in [-0.05, 0) is 61.2 Å². The van der Waals surface area contributed by atoms with Crippen molar-refractivity contribution in [2.75, 3.05) is 17.4 Å². The summed E-state index contributed by atoms with van der Waals surface area (Å²) in [6.07, 6.45) is -4.80. The Hall–Kier alpha value is -4.35. The van der Waals surface area contributed by atoms with E-state index in [2.05, 4.69) is 5.32 Å². The molecule has 0 heterocycles. The van der Waals surface area contributed by atoms with Crippen molar-refractivity contribution in [3.63, 3.8) is 0 Å². The number of anilines is 1. The predicted octanol–water partition coefficient (Wildman–Crippen LogP) is 7.58. The van der Waals surface area contributed by atoms with Crippen LogP contribution in [0.4, 0.5) is 18.9 Å². The van der Waals surface area contributed by atoms with Crippen molar-refractivity contribution in [2.24, 2.45) is 5.92 Å². The van der Waals surface area contributed by atoms with Crippen molar-refractivity contribution in [3.05, 3.63) is 130 Å². The Morgan fingerprint density at radius 1 is 0.837 bits per heavy atom. The number of alkyl halides is 3. The first-order valence-electron chi connectivity index (χ1n) is 15.7. The highest BCUT2D eigenvalue weighted by molar-refractivity contribution is 7.92. The minimum absolute atomic E-state index is 0.0709. The summed E-state index contributed by atoms with van der Waals surface area (Å²) < 4.78 is 70.9. The highest BCUT2D eigenvalue weighted by Crippen LogP contribution is 2.38. The van der Waals surface area contributed by atoms with Gasteiger partial charge in [-0.1, -0.05) is 103 Å². The number of nitrogens with zero attached hydrogens (tertiary/aromatic N) is 2. The third-order valence-corrected chi connectivity index (χ3v) is 9.98. The number of rotatable bonds is 13. The molecule has 7 nitrogen and oxygen atoms in total. The Morgan fingerprint density at radius 3 is 2.00 bits per heavy atom. The van der Waals surface area contributed by atoms with Crippen LogP contribution >= 0.6 is 11.6 Å². The van der Waals surface area contributed by atoms with Gasteiger partial charge in [-0.3, -0.25) is 13.9 Å². The summed E-state index contributed by atoms with van der Waals surface area (Å²) in [4.78, 5) is 29.5. The molecule has 0 saturated heterocycles. The van der Waals surface area contributed by atoms with Crippen LogP contribution in [0.2, 0.25) is 5.02 Å². The second-order valence-electron chi connectivity index (χ2n) is 12.3. The van der Waals surface area contributed by atoms with Crippen molar-refractivity contribution in [3.8, 4) is 0 Å². The fraction of sp³-hybridized carbons (Fsp3) is 0.297. The third kappa shape index (κ3) is 9.86. The Labute approximate surface area is 290 Å². The zero-order chi connectivity index (χ0) is 35.9. The van der Waals surface area contributed by atoms with Gasteiger partial charge in [-0.25, -0.2) is 8.42 Å². The van der Waals surface area contributed by atoms with Crippen molar-refractivity contribution in [1.82, 2.24) is 10.2 Å². The third-order valence-electron chi connectivity index (χ3n) is 7.86. The number of hydrogen-bond acceptors (Lipinski definition) is 4. The summed E-state index contributed by atoms with van der Waals surface area (Å²) in [7, 11) is -4.60. The van der Waals surface area contributed by atoms with E-state index in [1.165, 1.54) is 17.0 Å². The molecule has 4 aromatic carbocycles. The van der Waals surface area contributed by atoms with Gasteiger partial charge in [0.15, 0.2) is 0 Å². The summed E-state index contributed by atoms with van der Waals surface area (Å²) in [6.45, 7) is 6.87. The Kier molecular flexibility index (Phi) is 12.2. The molecule has 1 atom stereocenters. The molecule has 0 aromatic heterocycles. The van der Waals surface area contributed by atoms with Crippen molar-refractivity contribution in [1.29, 1.82) is 0 Å². The van der Waals surface area contributed by atoms with Crippen LogP contribution in [0, 0.1) is 19.8 Å². The molecular weight excluding hydrogens is 675 g/mol. The molecule has 0 aliphatic carbocycles. The number of sulfonamides is 1. The number of amides is 2. The van der Waals surface area contributed by atoms with Crippen molar-refractivity contribution in [2.45, 2.75) is 57.8 Å². The maximum absolute atomic E-state index is 14.5. The van der Waals surface area contributed by atoms with Gasteiger partial charge in [-0.15, -0.1) is 0 Å². The summed E-state index contributed by atoms with van der Waals surface area (Å²) in [6, 6.07) is 23.7. The summed E-state index contributed by atoms with van der Waals surface area (Å²) in [5, 5.41) is 2.28. The second-order valence-corrected chi connectivity index (χ2v) is 14.6. The lowest BCUT2D eigenvalue weighted by molar-refractivity contribution is -0.140. The summed E-state index contributed by atoms with van der Waals surface area (Å²) in [5.41, 5.74) is 1.49. The maximum atomic E-state index is 14.5. The number of carbonyl (C=O) groups is 2. The highest BCUT2D eigenvalue weighted by atomic mass is 35.5. The molecule has 0 spiro atoms. The smallest absolute Gasteiger partial charge is 0.354 e. The zero-order valence-corrected chi connectivity index (χ0v) is 29.2. The van der Waals surface area contributed by atoms with Crippen molar-refractivity contribution >= 4 is 39.1 Å². The number of aryl methyl sites for hydroxylation is 2. The van der Waals surface area contributed by atoms with Crippen LogP contribution in [0.25, 0.3) is 0 Å². The Morgan fingerprint density at radius 2 is 1.43 bits per heavy atom. The number of hydrogen-bond donors (Lipinski definition) is 1. The zero-order valence-electron chi connectivity index (χ0n) is 27.7. The minimum atomic E-state index is -4.90. The van der Waals surface area contributed by atoms with Gasteiger partial charge in [-0.2, -0.15) is 13.2 Å².